The molecular formula is C25H17F3N6O2. The molecule has 180 valence electrons. The van der Waals surface area contributed by atoms with Crippen LogP contribution in [0.1, 0.15) is 16.7 Å². The van der Waals surface area contributed by atoms with Gasteiger partial charge in [-0.3, -0.25) is 14.2 Å². The number of carbonyl (C=O) groups is 1. The highest BCUT2D eigenvalue weighted by molar-refractivity contribution is 5.98. The van der Waals surface area contributed by atoms with Crippen LogP contribution in [0.15, 0.2) is 78.2 Å². The van der Waals surface area contributed by atoms with Crippen LogP contribution in [0.3, 0.4) is 0 Å². The molecule has 0 unspecified atom stereocenters. The minimum atomic E-state index is -4.46. The van der Waals surface area contributed by atoms with Crippen molar-refractivity contribution in [2.45, 2.75) is 12.7 Å². The lowest BCUT2D eigenvalue weighted by molar-refractivity contribution is -0.137. The maximum absolute atomic E-state index is 13.0. The Morgan fingerprint density at radius 1 is 1.14 bits per heavy atom. The molecule has 0 bridgehead atoms. The zero-order valence-electron chi connectivity index (χ0n) is 18.5. The zero-order valence-corrected chi connectivity index (χ0v) is 18.5. The molecule has 0 aliphatic carbocycles. The fourth-order valence-corrected chi connectivity index (χ4v) is 3.44. The first-order valence-corrected chi connectivity index (χ1v) is 10.5. The number of rotatable bonds is 6. The van der Waals surface area contributed by atoms with Gasteiger partial charge in [-0.05, 0) is 54.1 Å². The van der Waals surface area contributed by atoms with E-state index < -0.39 is 23.2 Å². The first-order valence-electron chi connectivity index (χ1n) is 10.5. The Bertz CT molecular complexity index is 1570. The lowest BCUT2D eigenvalue weighted by Gasteiger charge is -2.13. The van der Waals surface area contributed by atoms with Gasteiger partial charge in [-0.15, -0.1) is 0 Å². The Hall–Kier alpha value is -4.98. The van der Waals surface area contributed by atoms with Gasteiger partial charge < -0.3 is 10.6 Å². The van der Waals surface area contributed by atoms with E-state index in [0.29, 0.717) is 22.3 Å². The second kappa shape index (κ2) is 9.71. The van der Waals surface area contributed by atoms with Crippen molar-refractivity contribution >= 4 is 34.3 Å². The van der Waals surface area contributed by atoms with E-state index in [-0.39, 0.29) is 23.7 Å². The Labute approximate surface area is 202 Å². The highest BCUT2D eigenvalue weighted by Crippen LogP contribution is 2.30. The van der Waals surface area contributed by atoms with E-state index in [1.807, 2.05) is 6.07 Å². The second-order valence-corrected chi connectivity index (χ2v) is 7.63. The number of pyridine rings is 1. The standard InChI is InChI=1S/C25H17F3N6O2/c1-2-21(35)31-20-5-3-4-15(10-20)14-34-22-17(11-16(12-29)23(34)36)13-30-24(33-22)32-19-8-6-18(7-9-19)25(26,27)28/h2-11,13H,1,14H2,(H,31,35)(H,30,32,33). The van der Waals surface area contributed by atoms with Crippen molar-refractivity contribution in [3.63, 3.8) is 0 Å². The highest BCUT2D eigenvalue weighted by Gasteiger charge is 2.30. The number of halogens is 3. The number of amides is 1. The van der Waals surface area contributed by atoms with Crippen LogP contribution >= 0.6 is 0 Å². The number of nitrogens with one attached hydrogen (secondary N) is 2. The molecule has 36 heavy (non-hydrogen) atoms. The number of nitriles is 1. The molecule has 4 rings (SSSR count). The van der Waals surface area contributed by atoms with Crippen molar-refractivity contribution in [1.82, 2.24) is 14.5 Å². The predicted octanol–water partition coefficient (Wildman–Crippen LogP) is 4.60. The molecule has 0 spiro atoms. The Kier molecular flexibility index (Phi) is 6.52. The molecule has 1 amide bonds. The molecule has 0 aliphatic heterocycles. The molecule has 11 heteroatoms. The Morgan fingerprint density at radius 3 is 2.56 bits per heavy atom. The van der Waals surface area contributed by atoms with Crippen molar-refractivity contribution in [1.29, 1.82) is 5.26 Å². The average molecular weight is 490 g/mol. The van der Waals surface area contributed by atoms with Crippen LogP contribution < -0.4 is 16.2 Å². The molecule has 0 radical (unpaired) electrons. The molecule has 2 heterocycles. The summed E-state index contributed by atoms with van der Waals surface area (Å²) < 4.78 is 39.8. The first-order chi connectivity index (χ1) is 17.2. The molecule has 2 aromatic carbocycles. The van der Waals surface area contributed by atoms with Crippen LogP contribution in [-0.2, 0) is 17.5 Å². The van der Waals surface area contributed by atoms with Crippen LogP contribution in [0, 0.1) is 11.3 Å². The smallest absolute Gasteiger partial charge is 0.324 e. The van der Waals surface area contributed by atoms with Gasteiger partial charge in [0.2, 0.25) is 11.9 Å². The molecule has 8 nitrogen and oxygen atoms in total. The number of hydrogen-bond donors (Lipinski definition) is 2. The number of hydrogen-bond acceptors (Lipinski definition) is 6. The van der Waals surface area contributed by atoms with Gasteiger partial charge in [0.05, 0.1) is 12.1 Å². The maximum Gasteiger partial charge on any atom is 0.416 e. The third-order valence-corrected chi connectivity index (χ3v) is 5.14. The molecule has 0 atom stereocenters. The number of benzene rings is 2. The molecule has 0 aliphatic rings. The van der Waals surface area contributed by atoms with E-state index in [4.69, 9.17) is 0 Å². The monoisotopic (exact) mass is 490 g/mol. The van der Waals surface area contributed by atoms with E-state index in [2.05, 4.69) is 27.2 Å². The third-order valence-electron chi connectivity index (χ3n) is 5.14. The van der Waals surface area contributed by atoms with E-state index >= 15 is 0 Å². The Balaban J connectivity index is 1.72. The van der Waals surface area contributed by atoms with Crippen molar-refractivity contribution in [3.8, 4) is 6.07 Å². The Morgan fingerprint density at radius 2 is 1.89 bits per heavy atom. The summed E-state index contributed by atoms with van der Waals surface area (Å²) in [7, 11) is 0. The SMILES string of the molecule is C=CC(=O)Nc1cccc(Cn2c(=O)c(C#N)cc3cnc(Nc4ccc(C(F)(F)F)cc4)nc32)c1. The quantitative estimate of drug-likeness (QED) is 0.382. The summed E-state index contributed by atoms with van der Waals surface area (Å²) >= 11 is 0. The largest absolute Gasteiger partial charge is 0.416 e. The predicted molar refractivity (Wildman–Crippen MR) is 128 cm³/mol. The van der Waals surface area contributed by atoms with Crippen molar-refractivity contribution in [2.75, 3.05) is 10.6 Å². The lowest BCUT2D eigenvalue weighted by atomic mass is 10.1. The van der Waals surface area contributed by atoms with E-state index in [1.165, 1.54) is 29.0 Å². The fourth-order valence-electron chi connectivity index (χ4n) is 3.44. The molecular weight excluding hydrogens is 473 g/mol. The van der Waals surface area contributed by atoms with Gasteiger partial charge in [-0.25, -0.2) is 4.98 Å². The lowest BCUT2D eigenvalue weighted by Crippen LogP contribution is -2.24. The summed E-state index contributed by atoms with van der Waals surface area (Å²) in [5.41, 5.74) is 0.184. The number of alkyl halides is 3. The van der Waals surface area contributed by atoms with Gasteiger partial charge in [0.1, 0.15) is 17.3 Å². The summed E-state index contributed by atoms with van der Waals surface area (Å²) in [6, 6.07) is 14.4. The van der Waals surface area contributed by atoms with Crippen molar-refractivity contribution in [3.05, 3.63) is 100 Å². The summed E-state index contributed by atoms with van der Waals surface area (Å²) in [6.07, 6.45) is -1.92. The first kappa shape index (κ1) is 24.2. The van der Waals surface area contributed by atoms with Gasteiger partial charge in [-0.2, -0.15) is 23.4 Å². The number of carbonyl (C=O) groups excluding carboxylic acids is 1. The van der Waals surface area contributed by atoms with Crippen LogP contribution in [0.25, 0.3) is 11.0 Å². The zero-order chi connectivity index (χ0) is 25.9. The summed E-state index contributed by atoms with van der Waals surface area (Å²) in [4.78, 5) is 33.2. The molecule has 0 fully saturated rings. The van der Waals surface area contributed by atoms with Crippen molar-refractivity contribution < 1.29 is 18.0 Å². The van der Waals surface area contributed by atoms with Crippen molar-refractivity contribution in [2.24, 2.45) is 0 Å². The minimum Gasteiger partial charge on any atom is -0.324 e. The molecule has 2 aromatic heterocycles. The molecule has 4 aromatic rings. The summed E-state index contributed by atoms with van der Waals surface area (Å²) in [6.45, 7) is 3.43. The van der Waals surface area contributed by atoms with Gasteiger partial charge in [-0.1, -0.05) is 18.7 Å². The van der Waals surface area contributed by atoms with E-state index in [1.54, 1.807) is 24.3 Å². The molecule has 2 N–H and O–H groups in total. The highest BCUT2D eigenvalue weighted by atomic mass is 19.4. The number of aromatic nitrogens is 3. The minimum absolute atomic E-state index is 0.0272. The average Bonchev–Trinajstić information content (AvgIpc) is 2.85. The van der Waals surface area contributed by atoms with Crippen LogP contribution in [0.4, 0.5) is 30.5 Å². The van der Waals surface area contributed by atoms with Gasteiger partial charge in [0, 0.05) is 23.0 Å². The topological polar surface area (TPSA) is 113 Å². The van der Waals surface area contributed by atoms with Gasteiger partial charge in [0.25, 0.3) is 5.56 Å². The molecule has 0 saturated heterocycles. The second-order valence-electron chi connectivity index (χ2n) is 7.63. The normalized spacial score (nSPS) is 11.1. The van der Waals surface area contributed by atoms with Crippen LogP contribution in [0.2, 0.25) is 0 Å². The number of anilines is 3. The summed E-state index contributed by atoms with van der Waals surface area (Å²) in [5.74, 6) is -0.347. The fraction of sp³-hybridized carbons (Fsp3) is 0.0800. The number of nitrogens with zero attached hydrogens (tertiary/aromatic N) is 4. The summed E-state index contributed by atoms with van der Waals surface area (Å²) in [5, 5.41) is 15.3. The third kappa shape index (κ3) is 5.23. The number of fused-ring (bicyclic) bond motifs is 1. The van der Waals surface area contributed by atoms with E-state index in [0.717, 1.165) is 18.2 Å². The van der Waals surface area contributed by atoms with Gasteiger partial charge >= 0.3 is 6.18 Å². The van der Waals surface area contributed by atoms with Gasteiger partial charge in [0.15, 0.2) is 0 Å². The molecule has 0 saturated carbocycles. The van der Waals surface area contributed by atoms with Crippen LogP contribution in [-0.4, -0.2) is 20.4 Å². The van der Waals surface area contributed by atoms with E-state index in [9.17, 15) is 28.0 Å². The van der Waals surface area contributed by atoms with Crippen LogP contribution in [0.5, 0.6) is 0 Å². The maximum atomic E-state index is 13.0.